The second-order valence-electron chi connectivity index (χ2n) is 12.8. The Bertz CT molecular complexity index is 1540. The van der Waals surface area contributed by atoms with Crippen molar-refractivity contribution in [2.45, 2.75) is 85.4 Å². The molecule has 0 aliphatic carbocycles. The lowest BCUT2D eigenvalue weighted by atomic mass is 10.0. The van der Waals surface area contributed by atoms with Crippen LogP contribution in [-0.4, -0.2) is 58.1 Å². The van der Waals surface area contributed by atoms with Crippen molar-refractivity contribution < 1.29 is 28.3 Å². The quantitative estimate of drug-likeness (QED) is 0.272. The minimum Gasteiger partial charge on any atom is -0.444 e. The first-order valence-electron chi connectivity index (χ1n) is 15.0. The van der Waals surface area contributed by atoms with Crippen molar-refractivity contribution in [3.05, 3.63) is 48.3 Å². The Hall–Kier alpha value is -4.41. The fourth-order valence-corrected chi connectivity index (χ4v) is 5.38. The predicted molar refractivity (Wildman–Crippen MR) is 169 cm³/mol. The van der Waals surface area contributed by atoms with Crippen LogP contribution in [0.15, 0.2) is 42.5 Å². The standard InChI is InChI=1S/C33H42FN5O5/c1-19(2)17-27(37-31(42)44-33(5,6)7)30(41)39(32(43)38-16-8-9-20(38)3)24-14-15-26-25(18-24)28(34)29(36-26)22-10-12-23(13-11-22)35-21(4)40/h10-15,18-20,27,36H,8-9,16-17H2,1-7H3,(H,35,40)(H,37,42)/t20-,27-/m1/s1. The molecular formula is C33H42FN5O5. The minimum atomic E-state index is -1.06. The molecule has 2 atom stereocenters. The first kappa shape index (κ1) is 32.5. The summed E-state index contributed by atoms with van der Waals surface area (Å²) in [5.41, 5.74) is 1.26. The number of amides is 5. The Kier molecular flexibility index (Phi) is 9.66. The van der Waals surface area contributed by atoms with Crippen molar-refractivity contribution in [1.29, 1.82) is 0 Å². The molecule has 44 heavy (non-hydrogen) atoms. The van der Waals surface area contributed by atoms with Crippen molar-refractivity contribution in [2.75, 3.05) is 16.8 Å². The van der Waals surface area contributed by atoms with Crippen LogP contribution in [0.25, 0.3) is 22.2 Å². The van der Waals surface area contributed by atoms with E-state index in [1.165, 1.54) is 13.0 Å². The molecule has 11 heteroatoms. The number of aromatic amines is 1. The van der Waals surface area contributed by atoms with Crippen LogP contribution in [0.3, 0.4) is 0 Å². The molecule has 10 nitrogen and oxygen atoms in total. The zero-order valence-electron chi connectivity index (χ0n) is 26.4. The Morgan fingerprint density at radius 2 is 1.80 bits per heavy atom. The van der Waals surface area contributed by atoms with Gasteiger partial charge in [0, 0.05) is 41.7 Å². The summed E-state index contributed by atoms with van der Waals surface area (Å²) in [6, 6.07) is 9.76. The van der Waals surface area contributed by atoms with Crippen LogP contribution in [0.1, 0.15) is 67.7 Å². The summed E-state index contributed by atoms with van der Waals surface area (Å²) >= 11 is 0. The second kappa shape index (κ2) is 13.1. The maximum atomic E-state index is 15.9. The minimum absolute atomic E-state index is 0.00532. The van der Waals surface area contributed by atoms with E-state index >= 15 is 4.39 Å². The maximum Gasteiger partial charge on any atom is 0.408 e. The van der Waals surface area contributed by atoms with Crippen LogP contribution >= 0.6 is 0 Å². The Morgan fingerprint density at radius 1 is 1.11 bits per heavy atom. The molecule has 3 aromatic rings. The lowest BCUT2D eigenvalue weighted by Gasteiger charge is -2.32. The van der Waals surface area contributed by atoms with Crippen LogP contribution in [0.5, 0.6) is 0 Å². The number of rotatable bonds is 7. The molecule has 0 spiro atoms. The summed E-state index contributed by atoms with van der Waals surface area (Å²) in [6.45, 7) is 12.8. The molecule has 5 amide bonds. The molecule has 4 rings (SSSR count). The molecule has 0 bridgehead atoms. The summed E-state index contributed by atoms with van der Waals surface area (Å²) in [7, 11) is 0. The van der Waals surface area contributed by atoms with E-state index in [1.807, 2.05) is 20.8 Å². The van der Waals surface area contributed by atoms with Gasteiger partial charge in [-0.15, -0.1) is 0 Å². The van der Waals surface area contributed by atoms with Crippen molar-refractivity contribution in [2.24, 2.45) is 5.92 Å². The van der Waals surface area contributed by atoms with E-state index in [4.69, 9.17) is 4.74 Å². The third-order valence-corrected chi connectivity index (χ3v) is 7.38. The fourth-order valence-electron chi connectivity index (χ4n) is 5.38. The number of H-pyrrole nitrogens is 1. The third kappa shape index (κ3) is 7.56. The van der Waals surface area contributed by atoms with Gasteiger partial charge in [0.05, 0.1) is 11.4 Å². The smallest absolute Gasteiger partial charge is 0.408 e. The highest BCUT2D eigenvalue weighted by Crippen LogP contribution is 2.33. The van der Waals surface area contributed by atoms with Crippen LogP contribution in [-0.2, 0) is 14.3 Å². The number of anilines is 2. The second-order valence-corrected chi connectivity index (χ2v) is 12.8. The number of carbonyl (C=O) groups is 4. The molecule has 1 aliphatic heterocycles. The largest absolute Gasteiger partial charge is 0.444 e. The van der Waals surface area contributed by atoms with Gasteiger partial charge in [0.2, 0.25) is 5.91 Å². The van der Waals surface area contributed by atoms with Gasteiger partial charge in [-0.25, -0.2) is 18.9 Å². The summed E-state index contributed by atoms with van der Waals surface area (Å²) in [5.74, 6) is -1.38. The number of hydrogen-bond acceptors (Lipinski definition) is 5. The van der Waals surface area contributed by atoms with Gasteiger partial charge in [0.25, 0.3) is 5.91 Å². The Morgan fingerprint density at radius 3 is 2.36 bits per heavy atom. The van der Waals surface area contributed by atoms with Crippen molar-refractivity contribution >= 4 is 46.2 Å². The van der Waals surface area contributed by atoms with E-state index in [1.54, 1.807) is 62.1 Å². The number of ether oxygens (including phenoxy) is 1. The number of nitrogens with one attached hydrogen (secondary N) is 3. The molecule has 3 N–H and O–H groups in total. The number of benzene rings is 2. The maximum absolute atomic E-state index is 15.9. The van der Waals surface area contributed by atoms with Crippen LogP contribution in [0.2, 0.25) is 0 Å². The summed E-state index contributed by atoms with van der Waals surface area (Å²) in [4.78, 5) is 58.1. The number of aromatic nitrogens is 1. The highest BCUT2D eigenvalue weighted by atomic mass is 19.1. The highest BCUT2D eigenvalue weighted by Gasteiger charge is 2.38. The van der Waals surface area contributed by atoms with Crippen LogP contribution < -0.4 is 15.5 Å². The third-order valence-electron chi connectivity index (χ3n) is 7.38. The van der Waals surface area contributed by atoms with Gasteiger partial charge in [0.15, 0.2) is 5.82 Å². The molecule has 1 saturated heterocycles. The number of carbonyl (C=O) groups excluding carboxylic acids is 4. The van der Waals surface area contributed by atoms with Crippen LogP contribution in [0.4, 0.5) is 25.4 Å². The number of likely N-dealkylation sites (tertiary alicyclic amines) is 1. The lowest BCUT2D eigenvalue weighted by Crippen LogP contribution is -2.55. The van der Waals surface area contributed by atoms with E-state index in [0.717, 1.165) is 17.7 Å². The lowest BCUT2D eigenvalue weighted by molar-refractivity contribution is -0.120. The molecule has 236 valence electrons. The molecule has 2 heterocycles. The van der Waals surface area contributed by atoms with Gasteiger partial charge in [-0.1, -0.05) is 26.0 Å². The molecule has 2 aromatic carbocycles. The van der Waals surface area contributed by atoms with E-state index in [-0.39, 0.29) is 41.1 Å². The molecule has 1 aromatic heterocycles. The molecular weight excluding hydrogens is 565 g/mol. The van der Waals surface area contributed by atoms with Gasteiger partial charge in [-0.05, 0) is 83.2 Å². The number of halogens is 1. The predicted octanol–water partition coefficient (Wildman–Crippen LogP) is 6.81. The zero-order chi connectivity index (χ0) is 32.3. The van der Waals surface area contributed by atoms with Gasteiger partial charge >= 0.3 is 12.1 Å². The van der Waals surface area contributed by atoms with Crippen molar-refractivity contribution in [3.63, 3.8) is 0 Å². The summed E-state index contributed by atoms with van der Waals surface area (Å²) in [5, 5.41) is 5.56. The van der Waals surface area contributed by atoms with E-state index in [9.17, 15) is 19.2 Å². The van der Waals surface area contributed by atoms with E-state index in [0.29, 0.717) is 23.3 Å². The van der Waals surface area contributed by atoms with Gasteiger partial charge in [-0.3, -0.25) is 9.59 Å². The van der Waals surface area contributed by atoms with Crippen molar-refractivity contribution in [1.82, 2.24) is 15.2 Å². The molecule has 0 saturated carbocycles. The Labute approximate surface area is 257 Å². The number of fused-ring (bicyclic) bond motifs is 1. The number of alkyl carbamates (subject to hydrolysis) is 1. The zero-order valence-corrected chi connectivity index (χ0v) is 26.4. The average Bonchev–Trinajstić information content (AvgIpc) is 3.50. The van der Waals surface area contributed by atoms with Gasteiger partial charge in [-0.2, -0.15) is 0 Å². The normalized spacial score (nSPS) is 15.8. The number of urea groups is 1. The van der Waals surface area contributed by atoms with Crippen LogP contribution in [0, 0.1) is 11.7 Å². The molecule has 0 radical (unpaired) electrons. The molecule has 1 aliphatic rings. The SMILES string of the molecule is CC(=O)Nc1ccc(-c2[nH]c3ccc(N(C(=O)[C@@H](CC(C)C)NC(=O)OC(C)(C)C)C(=O)N4CCC[C@H]4C)cc3c2F)cc1. The monoisotopic (exact) mass is 607 g/mol. The highest BCUT2D eigenvalue weighted by molar-refractivity contribution is 6.17. The van der Waals surface area contributed by atoms with Gasteiger partial charge < -0.3 is 25.3 Å². The summed E-state index contributed by atoms with van der Waals surface area (Å²) in [6.07, 6.45) is 1.10. The molecule has 0 unspecified atom stereocenters. The Balaban J connectivity index is 1.74. The first-order chi connectivity index (χ1) is 20.6. The number of hydrogen-bond donors (Lipinski definition) is 3. The molecule has 1 fully saturated rings. The first-order valence-corrected chi connectivity index (χ1v) is 15.0. The topological polar surface area (TPSA) is 124 Å². The van der Waals surface area contributed by atoms with E-state index in [2.05, 4.69) is 15.6 Å². The van der Waals surface area contributed by atoms with E-state index < -0.39 is 35.5 Å². The number of imide groups is 1. The summed E-state index contributed by atoms with van der Waals surface area (Å²) < 4.78 is 21.3. The van der Waals surface area contributed by atoms with Gasteiger partial charge in [0.1, 0.15) is 11.6 Å². The number of nitrogens with zero attached hydrogens (tertiary/aromatic N) is 2. The fraction of sp³-hybridized carbons (Fsp3) is 0.455. The average molecular weight is 608 g/mol. The van der Waals surface area contributed by atoms with Crippen molar-refractivity contribution in [3.8, 4) is 11.3 Å².